The van der Waals surface area contributed by atoms with Crippen molar-refractivity contribution >= 4 is 40.6 Å². The molecule has 0 unspecified atom stereocenters. The Labute approximate surface area is 243 Å². The first-order valence-corrected chi connectivity index (χ1v) is 13.5. The van der Waals surface area contributed by atoms with Gasteiger partial charge in [-0.15, -0.1) is 0 Å². The summed E-state index contributed by atoms with van der Waals surface area (Å²) in [6.07, 6.45) is 1.77. The highest BCUT2D eigenvalue weighted by Crippen LogP contribution is 2.44. The molecule has 0 saturated carbocycles. The molecule has 210 valence electrons. The molecule has 0 radical (unpaired) electrons. The molecule has 5 rings (SSSR count). The van der Waals surface area contributed by atoms with Crippen molar-refractivity contribution in [3.05, 3.63) is 107 Å². The summed E-state index contributed by atoms with van der Waals surface area (Å²) in [7, 11) is 1.48. The zero-order valence-corrected chi connectivity index (χ0v) is 24.0. The summed E-state index contributed by atoms with van der Waals surface area (Å²) >= 11 is 5.91. The van der Waals surface area contributed by atoms with Gasteiger partial charge in [-0.1, -0.05) is 12.1 Å². The van der Waals surface area contributed by atoms with Gasteiger partial charge in [0.25, 0.3) is 0 Å². The minimum absolute atomic E-state index is 0.0276. The summed E-state index contributed by atoms with van der Waals surface area (Å²) < 4.78 is 7.01. The van der Waals surface area contributed by atoms with Crippen LogP contribution in [0.25, 0.3) is 5.69 Å². The van der Waals surface area contributed by atoms with E-state index in [1.165, 1.54) is 7.11 Å². The number of anilines is 2. The van der Waals surface area contributed by atoms with Gasteiger partial charge in [0, 0.05) is 41.8 Å². The molecule has 3 N–H and O–H groups in total. The second kappa shape index (κ2) is 11.5. The molecule has 10 heteroatoms. The van der Waals surface area contributed by atoms with Crippen molar-refractivity contribution in [2.75, 3.05) is 23.9 Å². The Morgan fingerprint density at radius 1 is 1.05 bits per heavy atom. The summed E-state index contributed by atoms with van der Waals surface area (Å²) in [5.74, 6) is -1.20. The molecule has 41 heavy (non-hydrogen) atoms. The highest BCUT2D eigenvalue weighted by molar-refractivity contribution is 7.80. The summed E-state index contributed by atoms with van der Waals surface area (Å²) in [6, 6.07) is 20.2. The molecule has 0 spiro atoms. The maximum atomic E-state index is 12.1. The number of carboxylic acids is 1. The van der Waals surface area contributed by atoms with Gasteiger partial charge in [-0.25, -0.2) is 4.79 Å². The third kappa shape index (κ3) is 5.44. The number of carboxylic acid groups (broad SMARTS) is 1. The van der Waals surface area contributed by atoms with Gasteiger partial charge < -0.3 is 29.9 Å². The minimum Gasteiger partial charge on any atom is -0.478 e. The number of carbonyl (C=O) groups is 2. The molecular weight excluding hydrogens is 538 g/mol. The van der Waals surface area contributed by atoms with E-state index in [0.717, 1.165) is 39.6 Å². The van der Waals surface area contributed by atoms with Crippen LogP contribution in [0, 0.1) is 20.8 Å². The number of hydrogen-bond acceptors (Lipinski definition) is 5. The summed E-state index contributed by atoms with van der Waals surface area (Å²) in [6.45, 7) is 5.95. The number of benzene rings is 2. The van der Waals surface area contributed by atoms with Crippen molar-refractivity contribution in [2.45, 2.75) is 32.9 Å². The molecular formula is C31H31N5O4S. The van der Waals surface area contributed by atoms with E-state index in [1.54, 1.807) is 24.4 Å². The Morgan fingerprint density at radius 3 is 2.54 bits per heavy atom. The molecule has 1 aliphatic rings. The van der Waals surface area contributed by atoms with Crippen molar-refractivity contribution in [3.63, 3.8) is 0 Å². The molecule has 1 amide bonds. The predicted molar refractivity (Wildman–Crippen MR) is 162 cm³/mol. The highest BCUT2D eigenvalue weighted by atomic mass is 32.1. The second-order valence-electron chi connectivity index (χ2n) is 9.99. The van der Waals surface area contributed by atoms with Gasteiger partial charge in [-0.05, 0) is 98.7 Å². The van der Waals surface area contributed by atoms with Crippen LogP contribution in [0.15, 0.2) is 72.9 Å². The zero-order chi connectivity index (χ0) is 29.3. The van der Waals surface area contributed by atoms with Crippen LogP contribution in [0.5, 0.6) is 0 Å². The van der Waals surface area contributed by atoms with Gasteiger partial charge in [-0.3, -0.25) is 9.78 Å². The quantitative estimate of drug-likeness (QED) is 0.247. The fraction of sp³-hybridized carbons (Fsp3) is 0.226. The highest BCUT2D eigenvalue weighted by Gasteiger charge is 2.42. The monoisotopic (exact) mass is 569 g/mol. The predicted octanol–water partition coefficient (Wildman–Crippen LogP) is 5.26. The summed E-state index contributed by atoms with van der Waals surface area (Å²) in [4.78, 5) is 30.5. The first kappa shape index (κ1) is 28.0. The number of aromatic carboxylic acids is 1. The van der Waals surface area contributed by atoms with Crippen LogP contribution in [0.2, 0.25) is 0 Å². The number of nitrogens with one attached hydrogen (secondary N) is 2. The molecule has 0 aliphatic carbocycles. The fourth-order valence-electron chi connectivity index (χ4n) is 5.47. The van der Waals surface area contributed by atoms with Crippen molar-refractivity contribution in [1.82, 2.24) is 14.9 Å². The van der Waals surface area contributed by atoms with E-state index in [2.05, 4.69) is 31.2 Å². The molecule has 1 saturated heterocycles. The van der Waals surface area contributed by atoms with Gasteiger partial charge in [0.05, 0.1) is 23.3 Å². The van der Waals surface area contributed by atoms with Crippen LogP contribution in [-0.4, -0.2) is 45.4 Å². The molecule has 9 nitrogen and oxygen atoms in total. The van der Waals surface area contributed by atoms with Crippen LogP contribution in [0.3, 0.4) is 0 Å². The molecule has 2 aromatic heterocycles. The van der Waals surface area contributed by atoms with Gasteiger partial charge in [0.15, 0.2) is 5.11 Å². The Balaban J connectivity index is 1.61. The Bertz CT molecular complexity index is 1630. The molecule has 2 aromatic carbocycles. The third-order valence-electron chi connectivity index (χ3n) is 7.28. The number of pyridine rings is 1. The maximum Gasteiger partial charge on any atom is 0.335 e. The summed E-state index contributed by atoms with van der Waals surface area (Å²) in [5, 5.41) is 16.5. The number of aryl methyl sites for hydroxylation is 2. The zero-order valence-electron chi connectivity index (χ0n) is 23.2. The lowest BCUT2D eigenvalue weighted by Gasteiger charge is -2.29. The molecule has 1 aliphatic heterocycles. The Kier molecular flexibility index (Phi) is 7.87. The molecule has 1 fully saturated rings. The first-order valence-electron chi connectivity index (χ1n) is 13.1. The van der Waals surface area contributed by atoms with E-state index in [9.17, 15) is 14.7 Å². The number of amides is 1. The van der Waals surface area contributed by atoms with Crippen molar-refractivity contribution in [1.29, 1.82) is 0 Å². The van der Waals surface area contributed by atoms with Crippen LogP contribution in [0.4, 0.5) is 11.4 Å². The van der Waals surface area contributed by atoms with Crippen LogP contribution < -0.4 is 15.5 Å². The third-order valence-corrected chi connectivity index (χ3v) is 7.59. The SMILES string of the molecule is COCC(=O)Nc1ccc(N2C(=S)N[C@@H](c3ccccn3)[C@H]2c2cc(C)n(-c3cccc(C(=O)O)c3)c2C)cc1C. The van der Waals surface area contributed by atoms with E-state index in [-0.39, 0.29) is 30.2 Å². The van der Waals surface area contributed by atoms with Gasteiger partial charge in [0.1, 0.15) is 6.61 Å². The number of methoxy groups -OCH3 is 1. The van der Waals surface area contributed by atoms with Crippen molar-refractivity contribution in [3.8, 4) is 5.69 Å². The second-order valence-corrected chi connectivity index (χ2v) is 10.4. The number of aromatic nitrogens is 2. The standard InChI is InChI=1S/C31H31N5O4S/c1-18-14-23(11-12-25(18)33-27(37)17-40-4)36-29(28(34-31(36)41)26-10-5-6-13-32-26)24-15-19(2)35(20(24)3)22-9-7-8-21(16-22)30(38)39/h5-16,28-29H,17H2,1-4H3,(H,33,37)(H,34,41)(H,38,39)/t28-,29+/m0/s1. The van der Waals surface area contributed by atoms with Gasteiger partial charge >= 0.3 is 5.97 Å². The number of thiocarbonyl (C=S) groups is 1. The lowest BCUT2D eigenvalue weighted by molar-refractivity contribution is -0.119. The average Bonchev–Trinajstić information content (AvgIpc) is 3.45. The van der Waals surface area contributed by atoms with E-state index >= 15 is 0 Å². The largest absolute Gasteiger partial charge is 0.478 e. The lowest BCUT2D eigenvalue weighted by atomic mass is 9.96. The minimum atomic E-state index is -0.974. The number of hydrogen-bond donors (Lipinski definition) is 3. The summed E-state index contributed by atoms with van der Waals surface area (Å²) in [5.41, 5.74) is 7.24. The van der Waals surface area contributed by atoms with E-state index < -0.39 is 5.97 Å². The number of rotatable bonds is 8. The van der Waals surface area contributed by atoms with Crippen LogP contribution >= 0.6 is 12.2 Å². The topological polar surface area (TPSA) is 109 Å². The number of nitrogens with zero attached hydrogens (tertiary/aromatic N) is 3. The van der Waals surface area contributed by atoms with E-state index in [0.29, 0.717) is 10.8 Å². The molecule has 4 aromatic rings. The van der Waals surface area contributed by atoms with Crippen molar-refractivity contribution in [2.24, 2.45) is 0 Å². The number of ether oxygens (including phenoxy) is 1. The fourth-order valence-corrected chi connectivity index (χ4v) is 5.81. The average molecular weight is 570 g/mol. The maximum absolute atomic E-state index is 12.1. The molecule has 3 heterocycles. The first-order chi connectivity index (χ1) is 19.7. The van der Waals surface area contributed by atoms with Gasteiger partial charge in [0.2, 0.25) is 5.91 Å². The molecule has 2 atom stereocenters. The van der Waals surface area contributed by atoms with Crippen LogP contribution in [-0.2, 0) is 9.53 Å². The molecule has 0 bridgehead atoms. The van der Waals surface area contributed by atoms with E-state index in [1.807, 2.05) is 63.2 Å². The van der Waals surface area contributed by atoms with Crippen LogP contribution in [0.1, 0.15) is 50.7 Å². The lowest BCUT2D eigenvalue weighted by Crippen LogP contribution is -2.29. The van der Waals surface area contributed by atoms with E-state index in [4.69, 9.17) is 17.0 Å². The van der Waals surface area contributed by atoms with Gasteiger partial charge in [-0.2, -0.15) is 0 Å². The number of carbonyl (C=O) groups excluding carboxylic acids is 1. The smallest absolute Gasteiger partial charge is 0.335 e. The van der Waals surface area contributed by atoms with Crippen molar-refractivity contribution < 1.29 is 19.4 Å². The Hall–Kier alpha value is -4.54. The Morgan fingerprint density at radius 2 is 1.85 bits per heavy atom. The normalized spacial score (nSPS) is 16.5.